The summed E-state index contributed by atoms with van der Waals surface area (Å²) in [5, 5.41) is 5.15. The van der Waals surface area contributed by atoms with E-state index in [0.717, 1.165) is 16.1 Å². The van der Waals surface area contributed by atoms with Crippen LogP contribution >= 0.6 is 0 Å². The molecule has 0 bridgehead atoms. The van der Waals surface area contributed by atoms with Gasteiger partial charge >= 0.3 is 0 Å². The number of nitrogens with two attached hydrogens (primary N) is 1. The van der Waals surface area contributed by atoms with Crippen molar-refractivity contribution < 1.29 is 0 Å². The van der Waals surface area contributed by atoms with Crippen LogP contribution in [0.2, 0.25) is 0 Å². The summed E-state index contributed by atoms with van der Waals surface area (Å²) in [5.74, 6) is 0.679. The van der Waals surface area contributed by atoms with E-state index in [9.17, 15) is 0 Å². The number of nitrogens with one attached hydrogen (secondary N) is 1. The first kappa shape index (κ1) is 6.98. The molecule has 60 valence electrons. The van der Waals surface area contributed by atoms with Crippen LogP contribution in [0.15, 0.2) is 36.5 Å². The van der Waals surface area contributed by atoms with E-state index in [2.05, 4.69) is 11.9 Å². The zero-order valence-electron chi connectivity index (χ0n) is 6.67. The maximum Gasteiger partial charge on any atom is 0.108 e. The Kier molecular flexibility index (Phi) is 1.40. The van der Waals surface area contributed by atoms with E-state index in [-0.39, 0.29) is 0 Å². The van der Waals surface area contributed by atoms with Crippen LogP contribution in [0.4, 0.5) is 0 Å². The van der Waals surface area contributed by atoms with E-state index < -0.39 is 0 Å². The average molecular weight is 158 g/mol. The van der Waals surface area contributed by atoms with Crippen molar-refractivity contribution in [2.24, 2.45) is 5.73 Å². The van der Waals surface area contributed by atoms with Crippen molar-refractivity contribution in [2.45, 2.75) is 0 Å². The van der Waals surface area contributed by atoms with E-state index in [0.29, 0.717) is 5.82 Å². The summed E-state index contributed by atoms with van der Waals surface area (Å²) in [6, 6.07) is 7.96. The van der Waals surface area contributed by atoms with Gasteiger partial charge in [-0.2, -0.15) is 0 Å². The van der Waals surface area contributed by atoms with Crippen LogP contribution in [0.1, 0.15) is 0 Å². The van der Waals surface area contributed by atoms with Crippen LogP contribution in [0.25, 0.3) is 11.9 Å². The summed E-state index contributed by atoms with van der Waals surface area (Å²) in [7, 11) is 0. The molecule has 0 fully saturated rings. The maximum atomic E-state index is 5.76. The Labute approximate surface area is 70.7 Å². The van der Waals surface area contributed by atoms with E-state index in [4.69, 9.17) is 5.73 Å². The highest BCUT2D eigenvalue weighted by molar-refractivity contribution is 5.57. The Hall–Kier alpha value is -1.70. The zero-order valence-corrected chi connectivity index (χ0v) is 6.67. The molecule has 0 atom stereocenters. The third-order valence-electron chi connectivity index (χ3n) is 1.88. The fourth-order valence-corrected chi connectivity index (χ4v) is 1.33. The van der Waals surface area contributed by atoms with Gasteiger partial charge in [0.05, 0.1) is 0 Å². The Balaban J connectivity index is 2.90. The van der Waals surface area contributed by atoms with Gasteiger partial charge in [0, 0.05) is 10.9 Å². The van der Waals surface area contributed by atoms with Gasteiger partial charge in [-0.05, 0) is 11.3 Å². The summed E-state index contributed by atoms with van der Waals surface area (Å²) < 4.78 is 0. The fourth-order valence-electron chi connectivity index (χ4n) is 1.33. The lowest BCUT2D eigenvalue weighted by Crippen LogP contribution is -2.39. The van der Waals surface area contributed by atoms with Crippen molar-refractivity contribution in [3.05, 3.63) is 47.0 Å². The van der Waals surface area contributed by atoms with Gasteiger partial charge in [-0.1, -0.05) is 30.8 Å². The second kappa shape index (κ2) is 2.41. The van der Waals surface area contributed by atoms with Crippen molar-refractivity contribution in [3.63, 3.8) is 0 Å². The maximum absolute atomic E-state index is 5.76. The molecule has 1 aliphatic heterocycles. The number of rotatable bonds is 0. The van der Waals surface area contributed by atoms with Gasteiger partial charge in [0.25, 0.3) is 0 Å². The molecule has 1 aromatic carbocycles. The summed E-state index contributed by atoms with van der Waals surface area (Å²) >= 11 is 0. The highest BCUT2D eigenvalue weighted by Crippen LogP contribution is 1.91. The van der Waals surface area contributed by atoms with E-state index in [1.807, 2.05) is 30.3 Å². The number of allylic oxidation sites excluding steroid dienone is 1. The molecule has 0 radical (unpaired) electrons. The van der Waals surface area contributed by atoms with Crippen molar-refractivity contribution in [1.29, 1.82) is 0 Å². The van der Waals surface area contributed by atoms with Crippen LogP contribution in [-0.4, -0.2) is 0 Å². The minimum absolute atomic E-state index is 0.679. The molecule has 0 spiro atoms. The average Bonchev–Trinajstić information content (AvgIpc) is 2.04. The van der Waals surface area contributed by atoms with E-state index >= 15 is 0 Å². The number of fused-ring (bicyclic) bond motifs is 1. The SMILES string of the molecule is C=C1C=c2ccccc2=C(N)N1. The Morgan fingerprint density at radius 2 is 2.00 bits per heavy atom. The number of hydrogen-bond acceptors (Lipinski definition) is 2. The lowest BCUT2D eigenvalue weighted by molar-refractivity contribution is 1.09. The molecule has 2 heteroatoms. The van der Waals surface area contributed by atoms with Crippen LogP contribution in [0.3, 0.4) is 0 Å². The third-order valence-corrected chi connectivity index (χ3v) is 1.88. The van der Waals surface area contributed by atoms with Crippen molar-refractivity contribution in [2.75, 3.05) is 0 Å². The van der Waals surface area contributed by atoms with Crippen molar-refractivity contribution >= 4 is 11.9 Å². The first-order valence-electron chi connectivity index (χ1n) is 3.80. The first-order valence-corrected chi connectivity index (χ1v) is 3.80. The molecule has 0 aliphatic carbocycles. The van der Waals surface area contributed by atoms with Gasteiger partial charge in [0.1, 0.15) is 5.82 Å². The molecule has 0 aromatic heterocycles. The quantitative estimate of drug-likeness (QED) is 0.539. The van der Waals surface area contributed by atoms with Gasteiger partial charge in [-0.3, -0.25) is 0 Å². The van der Waals surface area contributed by atoms with Gasteiger partial charge in [0.2, 0.25) is 0 Å². The summed E-state index contributed by atoms with van der Waals surface area (Å²) in [5.41, 5.74) is 6.60. The van der Waals surface area contributed by atoms with Crippen LogP contribution < -0.4 is 21.5 Å². The monoisotopic (exact) mass is 158 g/mol. The topological polar surface area (TPSA) is 38.0 Å². The first-order chi connectivity index (χ1) is 5.77. The molecule has 0 saturated carbocycles. The van der Waals surface area contributed by atoms with Crippen molar-refractivity contribution in [1.82, 2.24) is 5.32 Å². The fraction of sp³-hybridized carbons (Fsp3) is 0. The molecule has 2 nitrogen and oxygen atoms in total. The van der Waals surface area contributed by atoms with Gasteiger partial charge < -0.3 is 11.1 Å². The molecule has 0 unspecified atom stereocenters. The predicted molar refractivity (Wildman–Crippen MR) is 50.0 cm³/mol. The smallest absolute Gasteiger partial charge is 0.108 e. The molecule has 2 rings (SSSR count). The normalized spacial score (nSPS) is 14.7. The second-order valence-corrected chi connectivity index (χ2v) is 2.80. The van der Waals surface area contributed by atoms with Gasteiger partial charge in [0.15, 0.2) is 0 Å². The zero-order chi connectivity index (χ0) is 8.55. The Morgan fingerprint density at radius 1 is 1.25 bits per heavy atom. The van der Waals surface area contributed by atoms with E-state index in [1.165, 1.54) is 0 Å². The van der Waals surface area contributed by atoms with Crippen LogP contribution in [-0.2, 0) is 0 Å². The third kappa shape index (κ3) is 0.975. The minimum atomic E-state index is 0.679. The van der Waals surface area contributed by atoms with Gasteiger partial charge in [-0.25, -0.2) is 0 Å². The number of hydrogen-bond donors (Lipinski definition) is 2. The van der Waals surface area contributed by atoms with Crippen LogP contribution in [0, 0.1) is 0 Å². The molecule has 1 heterocycles. The lowest BCUT2D eigenvalue weighted by Gasteiger charge is -2.10. The molecule has 1 aliphatic rings. The molecule has 1 aromatic rings. The lowest BCUT2D eigenvalue weighted by atomic mass is 10.2. The molecule has 3 N–H and O–H groups in total. The van der Waals surface area contributed by atoms with Crippen LogP contribution in [0.5, 0.6) is 0 Å². The molecule has 0 amide bonds. The number of benzene rings is 1. The summed E-state index contributed by atoms with van der Waals surface area (Å²) in [6.45, 7) is 3.80. The Bertz CT molecular complexity index is 443. The largest absolute Gasteiger partial charge is 0.385 e. The standard InChI is InChI=1S/C10H10N2/c1-7-6-8-4-2-3-5-9(8)10(11)12-7/h2-6,12H,1,11H2. The molecule has 12 heavy (non-hydrogen) atoms. The molecule has 0 saturated heterocycles. The summed E-state index contributed by atoms with van der Waals surface area (Å²) in [6.07, 6.45) is 1.98. The summed E-state index contributed by atoms with van der Waals surface area (Å²) in [4.78, 5) is 0. The highest BCUT2D eigenvalue weighted by Gasteiger charge is 1.99. The minimum Gasteiger partial charge on any atom is -0.385 e. The van der Waals surface area contributed by atoms with Crippen molar-refractivity contribution in [3.8, 4) is 0 Å². The molecular weight excluding hydrogens is 148 g/mol. The van der Waals surface area contributed by atoms with E-state index in [1.54, 1.807) is 0 Å². The predicted octanol–water partition coefficient (Wildman–Crippen LogP) is -0.392. The second-order valence-electron chi connectivity index (χ2n) is 2.80. The Morgan fingerprint density at radius 3 is 2.83 bits per heavy atom. The highest BCUT2D eigenvalue weighted by atomic mass is 15.0. The molecular formula is C10H10N2. The van der Waals surface area contributed by atoms with Gasteiger partial charge in [-0.15, -0.1) is 0 Å².